The molecule has 0 unspecified atom stereocenters. The van der Waals surface area contributed by atoms with E-state index in [1.54, 1.807) is 6.07 Å². The summed E-state index contributed by atoms with van der Waals surface area (Å²) in [7, 11) is 0. The molecule has 0 saturated heterocycles. The van der Waals surface area contributed by atoms with Crippen molar-refractivity contribution in [1.29, 1.82) is 0 Å². The van der Waals surface area contributed by atoms with Crippen molar-refractivity contribution in [3.8, 4) is 0 Å². The minimum Gasteiger partial charge on any atom is -0.543 e. The van der Waals surface area contributed by atoms with E-state index in [0.29, 0.717) is 5.82 Å². The Morgan fingerprint density at radius 1 is 1.44 bits per heavy atom. The van der Waals surface area contributed by atoms with Gasteiger partial charge in [-0.25, -0.2) is 4.98 Å². The fourth-order valence-corrected chi connectivity index (χ4v) is 0.820. The average Bonchev–Trinajstić information content (AvgIpc) is 2.30. The highest BCUT2D eigenvalue weighted by Gasteiger charge is 1.89. The first-order valence-corrected chi connectivity index (χ1v) is 4.43. The summed E-state index contributed by atoms with van der Waals surface area (Å²) < 4.78 is 0. The smallest absolute Gasteiger partial charge is 0.495 e. The number of nitrogens with one attached hydrogen (secondary N) is 2. The van der Waals surface area contributed by atoms with E-state index in [-0.39, 0.29) is 16.9 Å². The van der Waals surface area contributed by atoms with Crippen molar-refractivity contribution in [2.24, 2.45) is 0 Å². The number of anilines is 1. The third kappa shape index (κ3) is 5.32. The summed E-state index contributed by atoms with van der Waals surface area (Å²) >= 11 is 0. The molecule has 2 rings (SSSR count). The zero-order chi connectivity index (χ0) is 12.7. The first kappa shape index (κ1) is 15.2. The molecular formula is C9H11N5O4. The Bertz CT molecular complexity index is 542. The Kier molecular flexibility index (Phi) is 6.30. The molecule has 0 aliphatic heterocycles. The Hall–Kier alpha value is -2.81. The lowest BCUT2D eigenvalue weighted by molar-refractivity contribution is -0.402. The van der Waals surface area contributed by atoms with Crippen LogP contribution in [0.15, 0.2) is 35.6 Å². The highest BCUT2D eigenvalue weighted by Crippen LogP contribution is 1.84. The van der Waals surface area contributed by atoms with Crippen molar-refractivity contribution < 1.29 is 20.4 Å². The molecule has 0 spiro atoms. The van der Waals surface area contributed by atoms with E-state index in [4.69, 9.17) is 5.73 Å². The van der Waals surface area contributed by atoms with Gasteiger partial charge in [-0.1, -0.05) is 0 Å². The number of H-pyrrole nitrogens is 2. The van der Waals surface area contributed by atoms with Gasteiger partial charge in [-0.3, -0.25) is 9.97 Å². The van der Waals surface area contributed by atoms with Crippen molar-refractivity contribution in [3.63, 3.8) is 0 Å². The monoisotopic (exact) mass is 253 g/mol. The number of carbonyl (C=O) groups is 1. The van der Waals surface area contributed by atoms with Gasteiger partial charge in [-0.2, -0.15) is 9.78 Å². The zero-order valence-electron chi connectivity index (χ0n) is 9.08. The number of carboxylic acid groups (broad SMARTS) is 1. The molecule has 2 heterocycles. The number of aromatic nitrogens is 4. The van der Waals surface area contributed by atoms with E-state index in [9.17, 15) is 14.7 Å². The van der Waals surface area contributed by atoms with E-state index in [0.717, 1.165) is 6.20 Å². The molecule has 2 aromatic heterocycles. The van der Waals surface area contributed by atoms with E-state index < -0.39 is 5.97 Å². The van der Waals surface area contributed by atoms with Crippen LogP contribution < -0.4 is 21.5 Å². The number of nitrogen functional groups attached to an aromatic ring is 1. The predicted molar refractivity (Wildman–Crippen MR) is 58.0 cm³/mol. The van der Waals surface area contributed by atoms with Gasteiger partial charge in [0.25, 0.3) is 0 Å². The molecule has 2 aromatic rings. The molecule has 0 aliphatic rings. The molecule has 9 heteroatoms. The van der Waals surface area contributed by atoms with Crippen LogP contribution in [0.4, 0.5) is 5.82 Å². The van der Waals surface area contributed by atoms with Crippen molar-refractivity contribution in [2.75, 3.05) is 5.73 Å². The van der Waals surface area contributed by atoms with Crippen LogP contribution in [0, 0.1) is 0 Å². The van der Waals surface area contributed by atoms with Gasteiger partial charge in [0, 0.05) is 18.5 Å². The summed E-state index contributed by atoms with van der Waals surface area (Å²) in [6.45, 7) is 0. The summed E-state index contributed by atoms with van der Waals surface area (Å²) in [4.78, 5) is 32.0. The maximum Gasteiger partial charge on any atom is 0.495 e. The van der Waals surface area contributed by atoms with E-state index in [1.165, 1.54) is 18.6 Å². The minimum atomic E-state index is -1.30. The highest BCUT2D eigenvalue weighted by atomic mass is 16.4. The quantitative estimate of drug-likeness (QED) is 0.541. The summed E-state index contributed by atoms with van der Waals surface area (Å²) in [5.41, 5.74) is 4.75. The molecule has 0 amide bonds. The molecule has 0 aromatic carbocycles. The molecule has 6 N–H and O–H groups in total. The summed E-state index contributed by atoms with van der Waals surface area (Å²) in [5.74, 6) is -0.933. The fourth-order valence-electron chi connectivity index (χ4n) is 0.820. The number of hydrogen-bond donors (Lipinski definition) is 2. The van der Waals surface area contributed by atoms with Crippen LogP contribution in [-0.2, 0) is 0 Å². The van der Waals surface area contributed by atoms with Crippen LogP contribution in [-0.4, -0.2) is 26.4 Å². The highest BCUT2D eigenvalue weighted by molar-refractivity contribution is 5.82. The molecule has 0 radical (unpaired) electrons. The SMILES string of the molecule is Nc1cc[nH+]c(=O)[nH]1.O.O=C([O-])c1cnccn1. The molecule has 0 aliphatic carbocycles. The minimum absolute atomic E-state index is 0. The Morgan fingerprint density at radius 3 is 2.50 bits per heavy atom. The maximum absolute atomic E-state index is 10.3. The summed E-state index contributed by atoms with van der Waals surface area (Å²) in [5, 5.41) is 9.99. The second-order valence-corrected chi connectivity index (χ2v) is 2.77. The summed E-state index contributed by atoms with van der Waals surface area (Å²) in [6, 6.07) is 1.57. The number of carbonyl (C=O) groups excluding carboxylic acids is 1. The third-order valence-electron chi connectivity index (χ3n) is 1.51. The Balaban J connectivity index is 0.000000306. The van der Waals surface area contributed by atoms with Crippen molar-refractivity contribution >= 4 is 11.8 Å². The molecule has 0 bridgehead atoms. The number of nitrogens with zero attached hydrogens (tertiary/aromatic N) is 2. The van der Waals surface area contributed by atoms with Crippen LogP contribution in [0.25, 0.3) is 0 Å². The Morgan fingerprint density at radius 2 is 2.17 bits per heavy atom. The van der Waals surface area contributed by atoms with Crippen molar-refractivity contribution in [1.82, 2.24) is 15.0 Å². The van der Waals surface area contributed by atoms with Crippen LogP contribution in [0.2, 0.25) is 0 Å². The lowest BCUT2D eigenvalue weighted by Crippen LogP contribution is -2.28. The number of hydrogen-bond acceptors (Lipinski definition) is 6. The van der Waals surface area contributed by atoms with E-state index >= 15 is 0 Å². The third-order valence-corrected chi connectivity index (χ3v) is 1.51. The number of aromatic carboxylic acids is 1. The molecule has 0 saturated carbocycles. The van der Waals surface area contributed by atoms with Gasteiger partial charge in [-0.05, 0) is 0 Å². The zero-order valence-corrected chi connectivity index (χ0v) is 9.08. The first-order valence-electron chi connectivity index (χ1n) is 4.43. The first-order chi connectivity index (χ1) is 8.09. The normalized spacial score (nSPS) is 8.44. The maximum atomic E-state index is 10.3. The molecule has 0 atom stereocenters. The number of nitrogens with two attached hydrogens (primary N) is 1. The van der Waals surface area contributed by atoms with E-state index in [2.05, 4.69) is 19.9 Å². The van der Waals surface area contributed by atoms with Gasteiger partial charge >= 0.3 is 5.69 Å². The van der Waals surface area contributed by atoms with Crippen LogP contribution in [0.1, 0.15) is 10.5 Å². The van der Waals surface area contributed by atoms with Crippen LogP contribution >= 0.6 is 0 Å². The van der Waals surface area contributed by atoms with Gasteiger partial charge in [0.15, 0.2) is 5.82 Å². The van der Waals surface area contributed by atoms with Gasteiger partial charge in [0.1, 0.15) is 5.69 Å². The lowest BCUT2D eigenvalue weighted by atomic mass is 10.5. The fraction of sp³-hybridized carbons (Fsp3) is 0. The molecule has 9 nitrogen and oxygen atoms in total. The molecule has 18 heavy (non-hydrogen) atoms. The predicted octanol–water partition coefficient (Wildman–Crippen LogP) is -3.21. The standard InChI is InChI=1S/C5H4N2O2.C4H5N3O.H2O/c8-5(9)4-3-6-1-2-7-4;5-3-1-2-6-4(8)7-3;/h1-3H,(H,8,9);1-2H,(H3,5,6,7,8);1H2. The lowest BCUT2D eigenvalue weighted by Gasteiger charge is -1.95. The summed E-state index contributed by atoms with van der Waals surface area (Å²) in [6.07, 6.45) is 5.31. The van der Waals surface area contributed by atoms with Crippen LogP contribution in [0.5, 0.6) is 0 Å². The molecule has 96 valence electrons. The van der Waals surface area contributed by atoms with Gasteiger partial charge in [0.05, 0.1) is 18.4 Å². The molecular weight excluding hydrogens is 242 g/mol. The second kappa shape index (κ2) is 7.46. The largest absolute Gasteiger partial charge is 0.543 e. The van der Waals surface area contributed by atoms with Crippen molar-refractivity contribution in [3.05, 3.63) is 47.0 Å². The average molecular weight is 253 g/mol. The van der Waals surface area contributed by atoms with Crippen molar-refractivity contribution in [2.45, 2.75) is 0 Å². The van der Waals surface area contributed by atoms with Gasteiger partial charge in [-0.15, -0.1) is 0 Å². The Labute approximate surface area is 101 Å². The van der Waals surface area contributed by atoms with Gasteiger partial charge in [0.2, 0.25) is 0 Å². The molecule has 0 fully saturated rings. The number of carboxylic acids is 1. The van der Waals surface area contributed by atoms with Gasteiger partial charge < -0.3 is 21.1 Å². The van der Waals surface area contributed by atoms with E-state index in [1.807, 2.05) is 0 Å². The number of aromatic amines is 2. The van der Waals surface area contributed by atoms with Crippen LogP contribution in [0.3, 0.4) is 0 Å². The second-order valence-electron chi connectivity index (χ2n) is 2.77. The number of rotatable bonds is 1. The topological polar surface area (TPSA) is 170 Å².